The molecule has 1 aromatic carbocycles. The van der Waals surface area contributed by atoms with Crippen molar-refractivity contribution in [2.75, 3.05) is 7.05 Å². The monoisotopic (exact) mass is 492 g/mol. The van der Waals surface area contributed by atoms with Gasteiger partial charge < -0.3 is 10.0 Å². The van der Waals surface area contributed by atoms with Gasteiger partial charge in [-0.2, -0.15) is 5.10 Å². The summed E-state index contributed by atoms with van der Waals surface area (Å²) in [6, 6.07) is 11.6. The zero-order valence-electron chi connectivity index (χ0n) is 20.2. The van der Waals surface area contributed by atoms with Crippen LogP contribution in [0.4, 0.5) is 0 Å². The third kappa shape index (κ3) is 5.44. The number of fused-ring (bicyclic) bond motifs is 1. The Bertz CT molecular complexity index is 1160. The topological polar surface area (TPSA) is 82.1 Å². The number of aliphatic hydroxyl groups excluding tert-OH is 1. The molecule has 35 heavy (non-hydrogen) atoms. The molecule has 2 N–H and O–H groups in total. The average Bonchev–Trinajstić information content (AvgIpc) is 3.51. The molecule has 0 spiro atoms. The van der Waals surface area contributed by atoms with E-state index in [-0.39, 0.29) is 11.8 Å². The van der Waals surface area contributed by atoms with Crippen molar-refractivity contribution in [1.29, 1.82) is 0 Å². The highest BCUT2D eigenvalue weighted by Crippen LogP contribution is 2.40. The van der Waals surface area contributed by atoms with E-state index in [1.165, 1.54) is 29.7 Å². The molecule has 1 saturated carbocycles. The predicted octanol–water partition coefficient (Wildman–Crippen LogP) is 5.30. The van der Waals surface area contributed by atoms with E-state index in [1.54, 1.807) is 17.2 Å². The van der Waals surface area contributed by atoms with Crippen LogP contribution in [0.2, 0.25) is 5.15 Å². The second kappa shape index (κ2) is 10.5. The SMILES string of the molecule is CN(Cc1n[nH]c2c1CCCC2)C(=O)c1ccc(C[C@@H]2CC[C@H]([C@H](O)c3ccc(Cl)nc3)C2)cc1. The molecule has 184 valence electrons. The van der Waals surface area contributed by atoms with Gasteiger partial charge in [-0.25, -0.2) is 4.98 Å². The number of aliphatic hydroxyl groups is 1. The molecular formula is C28H33ClN4O2. The molecule has 7 heteroatoms. The van der Waals surface area contributed by atoms with E-state index in [0.717, 1.165) is 49.8 Å². The lowest BCUT2D eigenvalue weighted by atomic mass is 9.92. The third-order valence-electron chi connectivity index (χ3n) is 7.72. The molecule has 1 amide bonds. The lowest BCUT2D eigenvalue weighted by Gasteiger charge is -2.19. The number of amides is 1. The largest absolute Gasteiger partial charge is 0.388 e. The van der Waals surface area contributed by atoms with Crippen LogP contribution in [-0.2, 0) is 25.8 Å². The minimum absolute atomic E-state index is 0.0183. The van der Waals surface area contributed by atoms with E-state index in [1.807, 2.05) is 25.2 Å². The van der Waals surface area contributed by atoms with Gasteiger partial charge in [0.05, 0.1) is 18.3 Å². The number of pyridine rings is 1. The van der Waals surface area contributed by atoms with Gasteiger partial charge in [-0.1, -0.05) is 29.8 Å². The number of nitrogens with one attached hydrogen (secondary N) is 1. The summed E-state index contributed by atoms with van der Waals surface area (Å²) < 4.78 is 0. The number of carbonyl (C=O) groups is 1. The molecule has 1 fully saturated rings. The van der Waals surface area contributed by atoms with Crippen LogP contribution >= 0.6 is 11.6 Å². The van der Waals surface area contributed by atoms with Crippen molar-refractivity contribution in [3.8, 4) is 0 Å². The smallest absolute Gasteiger partial charge is 0.253 e. The van der Waals surface area contributed by atoms with Crippen molar-refractivity contribution >= 4 is 17.5 Å². The number of hydrogen-bond acceptors (Lipinski definition) is 4. The fourth-order valence-corrected chi connectivity index (χ4v) is 5.85. The molecule has 0 aliphatic heterocycles. The minimum atomic E-state index is -0.500. The molecule has 3 aromatic rings. The van der Waals surface area contributed by atoms with Crippen LogP contribution in [0.3, 0.4) is 0 Å². The van der Waals surface area contributed by atoms with Crippen LogP contribution in [0.5, 0.6) is 0 Å². The molecule has 0 saturated heterocycles. The van der Waals surface area contributed by atoms with Gasteiger partial charge in [0.2, 0.25) is 0 Å². The number of aromatic nitrogens is 3. The van der Waals surface area contributed by atoms with Crippen LogP contribution < -0.4 is 0 Å². The van der Waals surface area contributed by atoms with Gasteiger partial charge in [-0.15, -0.1) is 0 Å². The Balaban J connectivity index is 1.15. The van der Waals surface area contributed by atoms with E-state index < -0.39 is 6.10 Å². The second-order valence-corrected chi connectivity index (χ2v) is 10.6. The number of aryl methyl sites for hydroxylation is 1. The first-order valence-electron chi connectivity index (χ1n) is 12.7. The lowest BCUT2D eigenvalue weighted by Crippen LogP contribution is -2.27. The van der Waals surface area contributed by atoms with Crippen molar-refractivity contribution < 1.29 is 9.90 Å². The summed E-state index contributed by atoms with van der Waals surface area (Å²) in [5.41, 5.74) is 6.32. The quantitative estimate of drug-likeness (QED) is 0.438. The minimum Gasteiger partial charge on any atom is -0.388 e. The molecule has 2 heterocycles. The van der Waals surface area contributed by atoms with Gasteiger partial charge in [-0.3, -0.25) is 9.89 Å². The molecule has 2 aromatic heterocycles. The number of nitrogens with zero attached hydrogens (tertiary/aromatic N) is 3. The average molecular weight is 493 g/mol. The Hall–Kier alpha value is -2.70. The molecule has 2 aliphatic rings. The van der Waals surface area contributed by atoms with E-state index in [2.05, 4.69) is 27.3 Å². The van der Waals surface area contributed by atoms with Crippen molar-refractivity contribution in [3.05, 3.63) is 81.4 Å². The lowest BCUT2D eigenvalue weighted by molar-refractivity contribution is 0.0783. The van der Waals surface area contributed by atoms with Gasteiger partial charge in [0.25, 0.3) is 5.91 Å². The Labute approximate surface area is 211 Å². The number of carbonyl (C=O) groups excluding carboxylic acids is 1. The second-order valence-electron chi connectivity index (χ2n) is 10.2. The van der Waals surface area contributed by atoms with Gasteiger partial charge in [-0.05, 0) is 98.1 Å². The molecule has 0 radical (unpaired) electrons. The predicted molar refractivity (Wildman–Crippen MR) is 136 cm³/mol. The van der Waals surface area contributed by atoms with E-state index in [9.17, 15) is 9.90 Å². The fraction of sp³-hybridized carbons (Fsp3) is 0.464. The highest BCUT2D eigenvalue weighted by Gasteiger charge is 2.31. The number of aromatic amines is 1. The molecule has 5 rings (SSSR count). The Morgan fingerprint density at radius 2 is 1.97 bits per heavy atom. The Morgan fingerprint density at radius 3 is 2.74 bits per heavy atom. The summed E-state index contributed by atoms with van der Waals surface area (Å²) in [7, 11) is 1.85. The Morgan fingerprint density at radius 1 is 1.17 bits per heavy atom. The first-order valence-corrected chi connectivity index (χ1v) is 13.0. The molecule has 2 aliphatic carbocycles. The zero-order valence-corrected chi connectivity index (χ0v) is 21.0. The third-order valence-corrected chi connectivity index (χ3v) is 7.94. The summed E-state index contributed by atoms with van der Waals surface area (Å²) >= 11 is 5.87. The van der Waals surface area contributed by atoms with Gasteiger partial charge in [0.15, 0.2) is 0 Å². The number of halogens is 1. The van der Waals surface area contributed by atoms with E-state index in [4.69, 9.17) is 11.6 Å². The van der Waals surface area contributed by atoms with Crippen LogP contribution in [0.1, 0.15) is 76.6 Å². The molecule has 6 nitrogen and oxygen atoms in total. The molecule has 0 bridgehead atoms. The summed E-state index contributed by atoms with van der Waals surface area (Å²) in [6.45, 7) is 0.529. The van der Waals surface area contributed by atoms with Crippen molar-refractivity contribution in [2.24, 2.45) is 11.8 Å². The van der Waals surface area contributed by atoms with Crippen molar-refractivity contribution in [3.63, 3.8) is 0 Å². The standard InChI is InChI=1S/C28H33ClN4O2/c1-33(17-25-23-4-2-3-5-24(23)31-32-25)28(35)20-9-6-18(7-10-20)14-19-8-11-21(15-19)27(34)22-12-13-26(29)30-16-22/h6-7,9-10,12-13,16,19,21,27,34H,2-5,8,11,14-15,17H2,1H3,(H,31,32)/t19-,21-,27-/m0/s1. The first kappa shape index (κ1) is 24.0. The number of rotatable bonds is 7. The molecule has 3 atom stereocenters. The van der Waals surface area contributed by atoms with Crippen LogP contribution in [-0.4, -0.2) is 38.1 Å². The fourth-order valence-electron chi connectivity index (χ4n) is 5.73. The number of benzene rings is 1. The van der Waals surface area contributed by atoms with Crippen LogP contribution in [0.15, 0.2) is 42.6 Å². The zero-order chi connectivity index (χ0) is 24.4. The van der Waals surface area contributed by atoms with Crippen LogP contribution in [0.25, 0.3) is 0 Å². The number of H-pyrrole nitrogens is 1. The maximum Gasteiger partial charge on any atom is 0.253 e. The van der Waals surface area contributed by atoms with Gasteiger partial charge in [0.1, 0.15) is 5.15 Å². The summed E-state index contributed by atoms with van der Waals surface area (Å²) in [5.74, 6) is 0.792. The van der Waals surface area contributed by atoms with Gasteiger partial charge >= 0.3 is 0 Å². The highest BCUT2D eigenvalue weighted by atomic mass is 35.5. The highest BCUT2D eigenvalue weighted by molar-refractivity contribution is 6.29. The van der Waals surface area contributed by atoms with Crippen molar-refractivity contribution in [2.45, 2.75) is 64.0 Å². The normalized spacial score (nSPS) is 20.4. The van der Waals surface area contributed by atoms with Crippen LogP contribution in [0, 0.1) is 11.8 Å². The molecule has 0 unspecified atom stereocenters. The molecular weight excluding hydrogens is 460 g/mol. The maximum atomic E-state index is 13.0. The summed E-state index contributed by atoms with van der Waals surface area (Å²) in [5, 5.41) is 18.9. The van der Waals surface area contributed by atoms with E-state index >= 15 is 0 Å². The summed E-state index contributed by atoms with van der Waals surface area (Å²) in [6.07, 6.45) is 9.73. The summed E-state index contributed by atoms with van der Waals surface area (Å²) in [4.78, 5) is 18.9. The first-order chi connectivity index (χ1) is 17.0. The maximum absolute atomic E-state index is 13.0. The van der Waals surface area contributed by atoms with Crippen molar-refractivity contribution in [1.82, 2.24) is 20.1 Å². The Kier molecular flexibility index (Phi) is 7.21. The van der Waals surface area contributed by atoms with Gasteiger partial charge in [0, 0.05) is 24.5 Å². The number of hydrogen-bond donors (Lipinski definition) is 2. The van der Waals surface area contributed by atoms with E-state index in [0.29, 0.717) is 23.2 Å².